The molecule has 27 heavy (non-hydrogen) atoms. The molecule has 0 N–H and O–H groups in total. The highest BCUT2D eigenvalue weighted by Gasteiger charge is 2.20. The highest BCUT2D eigenvalue weighted by atomic mass is 19.1. The Morgan fingerprint density at radius 3 is 2.67 bits per heavy atom. The number of anilines is 1. The van der Waals surface area contributed by atoms with Gasteiger partial charge in [-0.25, -0.2) is 14.2 Å². The van der Waals surface area contributed by atoms with Crippen LogP contribution in [0.2, 0.25) is 0 Å². The lowest BCUT2D eigenvalue weighted by Crippen LogP contribution is -2.35. The molecule has 1 aliphatic rings. The maximum atomic E-state index is 13.1. The van der Waals surface area contributed by atoms with Crippen molar-refractivity contribution in [2.24, 2.45) is 0 Å². The number of hydrogen-bond donors (Lipinski definition) is 0. The van der Waals surface area contributed by atoms with Crippen LogP contribution in [0.3, 0.4) is 0 Å². The molecule has 0 saturated carbocycles. The number of fused-ring (bicyclic) bond motifs is 1. The fourth-order valence-electron chi connectivity index (χ4n) is 3.26. The number of hydrogen-bond acceptors (Lipinski definition) is 5. The fourth-order valence-corrected chi connectivity index (χ4v) is 3.26. The molecular weight excluding hydrogens is 349 g/mol. The summed E-state index contributed by atoms with van der Waals surface area (Å²) < 4.78 is 19.8. The van der Waals surface area contributed by atoms with Crippen LogP contribution in [0.5, 0.6) is 0 Å². The van der Waals surface area contributed by atoms with E-state index in [1.54, 1.807) is 17.0 Å². The Morgan fingerprint density at radius 1 is 1.07 bits per heavy atom. The normalized spacial score (nSPS) is 15.0. The van der Waals surface area contributed by atoms with Gasteiger partial charge in [-0.2, -0.15) is 4.98 Å². The van der Waals surface area contributed by atoms with Crippen molar-refractivity contribution in [2.75, 3.05) is 38.2 Å². The number of benzene rings is 1. The zero-order chi connectivity index (χ0) is 18.8. The van der Waals surface area contributed by atoms with Crippen LogP contribution in [0.25, 0.3) is 17.0 Å². The molecule has 140 valence electrons. The average Bonchev–Trinajstić information content (AvgIpc) is 2.96. The van der Waals surface area contributed by atoms with Gasteiger partial charge in [0.25, 0.3) is 0 Å². The molecule has 3 aromatic rings. The first-order valence-electron chi connectivity index (χ1n) is 8.83. The lowest BCUT2D eigenvalue weighted by molar-refractivity contribution is 0.126. The molecule has 1 aliphatic heterocycles. The Kier molecular flexibility index (Phi) is 4.62. The first-order valence-corrected chi connectivity index (χ1v) is 8.83. The van der Waals surface area contributed by atoms with Gasteiger partial charge in [0.15, 0.2) is 0 Å². The third-order valence-electron chi connectivity index (χ3n) is 4.70. The number of aromatic nitrogens is 3. The summed E-state index contributed by atoms with van der Waals surface area (Å²) in [7, 11) is 1.40. The number of ether oxygens (including phenoxy) is 1. The molecule has 3 heterocycles. The standard InChI is InChI=1S/C19H20FN5O2/c1-27-19(26)24-9-2-8-23(11-12-24)17-7-10-25-13-16(21-18(25)22-17)14-3-5-15(20)6-4-14/h3-7,10,13H,2,8-9,11-12H2,1H3. The Labute approximate surface area is 156 Å². The molecule has 8 heteroatoms. The number of methoxy groups -OCH3 is 1. The largest absolute Gasteiger partial charge is 0.453 e. The summed E-state index contributed by atoms with van der Waals surface area (Å²) in [6, 6.07) is 8.18. The predicted octanol–water partition coefficient (Wildman–Crippen LogP) is 2.81. The summed E-state index contributed by atoms with van der Waals surface area (Å²) in [6.45, 7) is 2.75. The highest BCUT2D eigenvalue weighted by Crippen LogP contribution is 2.21. The van der Waals surface area contributed by atoms with Crippen LogP contribution < -0.4 is 4.90 Å². The van der Waals surface area contributed by atoms with Crippen LogP contribution >= 0.6 is 0 Å². The Balaban J connectivity index is 1.56. The van der Waals surface area contributed by atoms with Crippen molar-refractivity contribution in [2.45, 2.75) is 6.42 Å². The topological polar surface area (TPSA) is 63.0 Å². The molecule has 1 fully saturated rings. The van der Waals surface area contributed by atoms with Gasteiger partial charge in [-0.05, 0) is 36.8 Å². The van der Waals surface area contributed by atoms with Crippen molar-refractivity contribution in [3.05, 3.63) is 48.5 Å². The van der Waals surface area contributed by atoms with Gasteiger partial charge < -0.3 is 14.5 Å². The van der Waals surface area contributed by atoms with Gasteiger partial charge in [-0.3, -0.25) is 4.40 Å². The van der Waals surface area contributed by atoms with Crippen LogP contribution in [-0.4, -0.2) is 58.7 Å². The van der Waals surface area contributed by atoms with E-state index in [4.69, 9.17) is 4.74 Å². The molecule has 0 bridgehead atoms. The second-order valence-corrected chi connectivity index (χ2v) is 6.42. The predicted molar refractivity (Wildman–Crippen MR) is 99.2 cm³/mol. The van der Waals surface area contributed by atoms with Crippen LogP contribution in [0, 0.1) is 5.82 Å². The van der Waals surface area contributed by atoms with E-state index in [9.17, 15) is 9.18 Å². The van der Waals surface area contributed by atoms with E-state index < -0.39 is 0 Å². The van der Waals surface area contributed by atoms with E-state index in [1.165, 1.54) is 19.2 Å². The summed E-state index contributed by atoms with van der Waals surface area (Å²) >= 11 is 0. The van der Waals surface area contributed by atoms with E-state index >= 15 is 0 Å². The zero-order valence-corrected chi connectivity index (χ0v) is 15.0. The van der Waals surface area contributed by atoms with Gasteiger partial charge in [0.05, 0.1) is 12.8 Å². The van der Waals surface area contributed by atoms with E-state index in [-0.39, 0.29) is 11.9 Å². The SMILES string of the molecule is COC(=O)N1CCCN(c2ccn3cc(-c4ccc(F)cc4)nc3n2)CC1. The lowest BCUT2D eigenvalue weighted by Gasteiger charge is -2.22. The molecular formula is C19H20FN5O2. The molecule has 1 amide bonds. The second-order valence-electron chi connectivity index (χ2n) is 6.42. The molecule has 0 aliphatic carbocycles. The number of imidazole rings is 1. The third kappa shape index (κ3) is 3.55. The van der Waals surface area contributed by atoms with Crippen LogP contribution in [0.15, 0.2) is 42.7 Å². The van der Waals surface area contributed by atoms with Crippen molar-refractivity contribution >= 4 is 17.7 Å². The summed E-state index contributed by atoms with van der Waals surface area (Å²) in [5, 5.41) is 0. The summed E-state index contributed by atoms with van der Waals surface area (Å²) in [6.07, 6.45) is 4.34. The Hall–Kier alpha value is -3.16. The van der Waals surface area contributed by atoms with Crippen molar-refractivity contribution in [3.63, 3.8) is 0 Å². The number of halogens is 1. The van der Waals surface area contributed by atoms with Crippen molar-refractivity contribution in [3.8, 4) is 11.3 Å². The smallest absolute Gasteiger partial charge is 0.409 e. The maximum absolute atomic E-state index is 13.1. The molecule has 1 saturated heterocycles. The van der Waals surface area contributed by atoms with Crippen LogP contribution in [-0.2, 0) is 4.74 Å². The second kappa shape index (κ2) is 7.22. The molecule has 1 aromatic carbocycles. The van der Waals surface area contributed by atoms with Crippen molar-refractivity contribution in [1.29, 1.82) is 0 Å². The van der Waals surface area contributed by atoms with Gasteiger partial charge in [-0.15, -0.1) is 0 Å². The van der Waals surface area contributed by atoms with Crippen LogP contribution in [0.1, 0.15) is 6.42 Å². The van der Waals surface area contributed by atoms with Crippen molar-refractivity contribution < 1.29 is 13.9 Å². The van der Waals surface area contributed by atoms with E-state index in [0.29, 0.717) is 25.4 Å². The molecule has 0 unspecified atom stereocenters. The Bertz CT molecular complexity index is 956. The first-order chi connectivity index (χ1) is 13.1. The minimum atomic E-state index is -0.294. The zero-order valence-electron chi connectivity index (χ0n) is 15.0. The number of carbonyl (C=O) groups excluding carboxylic acids is 1. The van der Waals surface area contributed by atoms with Crippen LogP contribution in [0.4, 0.5) is 15.0 Å². The van der Waals surface area contributed by atoms with Crippen molar-refractivity contribution in [1.82, 2.24) is 19.3 Å². The highest BCUT2D eigenvalue weighted by molar-refractivity contribution is 5.67. The summed E-state index contributed by atoms with van der Waals surface area (Å²) in [4.78, 5) is 24.8. The van der Waals surface area contributed by atoms with Gasteiger partial charge in [-0.1, -0.05) is 0 Å². The third-order valence-corrected chi connectivity index (χ3v) is 4.70. The molecule has 7 nitrogen and oxygen atoms in total. The summed E-state index contributed by atoms with van der Waals surface area (Å²) in [5.41, 5.74) is 1.58. The van der Waals surface area contributed by atoms with Gasteiger partial charge in [0, 0.05) is 44.1 Å². The molecule has 0 spiro atoms. The number of carbonyl (C=O) groups is 1. The minimum absolute atomic E-state index is 0.273. The van der Waals surface area contributed by atoms with E-state index in [1.807, 2.05) is 22.9 Å². The molecule has 0 radical (unpaired) electrons. The van der Waals surface area contributed by atoms with E-state index in [0.717, 1.165) is 30.0 Å². The maximum Gasteiger partial charge on any atom is 0.409 e. The minimum Gasteiger partial charge on any atom is -0.453 e. The van der Waals surface area contributed by atoms with Gasteiger partial charge >= 0.3 is 6.09 Å². The number of rotatable bonds is 2. The number of amides is 1. The first kappa shape index (κ1) is 17.3. The monoisotopic (exact) mass is 369 g/mol. The lowest BCUT2D eigenvalue weighted by atomic mass is 10.2. The van der Waals surface area contributed by atoms with E-state index in [2.05, 4.69) is 14.9 Å². The average molecular weight is 369 g/mol. The Morgan fingerprint density at radius 2 is 1.89 bits per heavy atom. The van der Waals surface area contributed by atoms with Gasteiger partial charge in [0.1, 0.15) is 11.6 Å². The molecule has 0 atom stereocenters. The quantitative estimate of drug-likeness (QED) is 0.695. The van der Waals surface area contributed by atoms with Gasteiger partial charge in [0.2, 0.25) is 5.78 Å². The number of nitrogens with zero attached hydrogens (tertiary/aromatic N) is 5. The summed E-state index contributed by atoms with van der Waals surface area (Å²) in [5.74, 6) is 1.14. The fraction of sp³-hybridized carbons (Fsp3) is 0.316. The molecule has 2 aromatic heterocycles. The molecule has 4 rings (SSSR count).